The highest BCUT2D eigenvalue weighted by Crippen LogP contribution is 2.10. The van der Waals surface area contributed by atoms with Crippen LogP contribution in [0.25, 0.3) is 0 Å². The van der Waals surface area contributed by atoms with Gasteiger partial charge in [-0.1, -0.05) is 43.2 Å². The molecule has 2 N–H and O–H groups in total. The fraction of sp³-hybridized carbons (Fsp3) is 0.600. The molecule has 1 unspecified atom stereocenters. The zero-order chi connectivity index (χ0) is 12.5. The van der Waals surface area contributed by atoms with Crippen LogP contribution in [0.1, 0.15) is 37.3 Å². The van der Waals surface area contributed by atoms with Crippen molar-refractivity contribution in [2.24, 2.45) is 5.92 Å². The van der Waals surface area contributed by atoms with Crippen LogP contribution < -0.4 is 5.32 Å². The summed E-state index contributed by atoms with van der Waals surface area (Å²) in [5, 5.41) is 12.5. The Labute approximate surface area is 105 Å². The molecule has 0 bridgehead atoms. The Morgan fingerprint density at radius 1 is 1.29 bits per heavy atom. The molecule has 0 spiro atoms. The van der Waals surface area contributed by atoms with Crippen molar-refractivity contribution in [2.75, 3.05) is 13.2 Å². The zero-order valence-corrected chi connectivity index (χ0v) is 11.1. The van der Waals surface area contributed by atoms with E-state index in [-0.39, 0.29) is 0 Å². The summed E-state index contributed by atoms with van der Waals surface area (Å²) in [4.78, 5) is 0. The minimum absolute atomic E-state index is 0.302. The van der Waals surface area contributed by atoms with Gasteiger partial charge in [0.25, 0.3) is 0 Å². The molecule has 1 aromatic rings. The molecule has 17 heavy (non-hydrogen) atoms. The third kappa shape index (κ3) is 5.85. The SMILES string of the molecule is CCCC(CCO)CNCc1cccc(C)c1. The predicted octanol–water partition coefficient (Wildman–Crippen LogP) is 2.88. The molecular formula is C15H25NO. The fourth-order valence-electron chi connectivity index (χ4n) is 2.18. The number of aliphatic hydroxyl groups is 1. The highest BCUT2D eigenvalue weighted by atomic mass is 16.3. The highest BCUT2D eigenvalue weighted by molar-refractivity contribution is 5.21. The lowest BCUT2D eigenvalue weighted by atomic mass is 10.00. The number of hydrogen-bond donors (Lipinski definition) is 2. The van der Waals surface area contributed by atoms with Gasteiger partial charge < -0.3 is 10.4 Å². The Morgan fingerprint density at radius 3 is 2.76 bits per heavy atom. The van der Waals surface area contributed by atoms with Gasteiger partial charge in [0.2, 0.25) is 0 Å². The zero-order valence-electron chi connectivity index (χ0n) is 11.1. The lowest BCUT2D eigenvalue weighted by Crippen LogP contribution is -2.23. The van der Waals surface area contributed by atoms with Crippen LogP contribution in [0.3, 0.4) is 0 Å². The van der Waals surface area contributed by atoms with Gasteiger partial charge in [-0.15, -0.1) is 0 Å². The largest absolute Gasteiger partial charge is 0.396 e. The van der Waals surface area contributed by atoms with Crippen LogP contribution in [0.4, 0.5) is 0 Å². The van der Waals surface area contributed by atoms with Crippen molar-refractivity contribution >= 4 is 0 Å². The molecule has 0 amide bonds. The second-order valence-electron chi connectivity index (χ2n) is 4.79. The van der Waals surface area contributed by atoms with E-state index in [1.54, 1.807) is 0 Å². The molecule has 96 valence electrons. The molecule has 0 aliphatic rings. The van der Waals surface area contributed by atoms with E-state index in [2.05, 4.69) is 43.4 Å². The maximum Gasteiger partial charge on any atom is 0.0434 e. The molecule has 2 nitrogen and oxygen atoms in total. The Balaban J connectivity index is 2.30. The van der Waals surface area contributed by atoms with E-state index in [0.717, 1.165) is 19.5 Å². The molecule has 0 aliphatic carbocycles. The first-order chi connectivity index (χ1) is 8.26. The minimum Gasteiger partial charge on any atom is -0.396 e. The van der Waals surface area contributed by atoms with E-state index in [4.69, 9.17) is 5.11 Å². The molecule has 1 aromatic carbocycles. The predicted molar refractivity (Wildman–Crippen MR) is 73.0 cm³/mol. The van der Waals surface area contributed by atoms with Crippen LogP contribution in [0.2, 0.25) is 0 Å². The number of hydrogen-bond acceptors (Lipinski definition) is 2. The normalized spacial score (nSPS) is 12.6. The molecule has 0 saturated carbocycles. The van der Waals surface area contributed by atoms with Gasteiger partial charge in [0.15, 0.2) is 0 Å². The van der Waals surface area contributed by atoms with Crippen molar-refractivity contribution in [1.82, 2.24) is 5.32 Å². The van der Waals surface area contributed by atoms with Gasteiger partial charge in [-0.25, -0.2) is 0 Å². The Morgan fingerprint density at radius 2 is 2.12 bits per heavy atom. The van der Waals surface area contributed by atoms with Gasteiger partial charge in [-0.2, -0.15) is 0 Å². The molecule has 1 rings (SSSR count). The van der Waals surface area contributed by atoms with Crippen molar-refractivity contribution < 1.29 is 5.11 Å². The van der Waals surface area contributed by atoms with E-state index in [1.165, 1.54) is 24.0 Å². The van der Waals surface area contributed by atoms with Gasteiger partial charge >= 0.3 is 0 Å². The van der Waals surface area contributed by atoms with E-state index >= 15 is 0 Å². The average Bonchev–Trinajstić information content (AvgIpc) is 2.30. The van der Waals surface area contributed by atoms with Crippen molar-refractivity contribution in [3.8, 4) is 0 Å². The van der Waals surface area contributed by atoms with Crippen LogP contribution in [-0.2, 0) is 6.54 Å². The summed E-state index contributed by atoms with van der Waals surface area (Å²) in [6.45, 7) is 6.55. The van der Waals surface area contributed by atoms with E-state index in [1.807, 2.05) is 0 Å². The second-order valence-corrected chi connectivity index (χ2v) is 4.79. The average molecular weight is 235 g/mol. The van der Waals surface area contributed by atoms with Gasteiger partial charge in [0.1, 0.15) is 0 Å². The summed E-state index contributed by atoms with van der Waals surface area (Å²) in [5.74, 6) is 0.606. The summed E-state index contributed by atoms with van der Waals surface area (Å²) in [6, 6.07) is 8.59. The molecule has 0 aliphatic heterocycles. The van der Waals surface area contributed by atoms with Gasteiger partial charge in [-0.05, 0) is 37.8 Å². The summed E-state index contributed by atoms with van der Waals surface area (Å²) in [6.07, 6.45) is 3.30. The first kappa shape index (κ1) is 14.2. The van der Waals surface area contributed by atoms with E-state index in [9.17, 15) is 0 Å². The number of nitrogens with one attached hydrogen (secondary N) is 1. The maximum absolute atomic E-state index is 8.99. The number of aryl methyl sites for hydroxylation is 1. The fourth-order valence-corrected chi connectivity index (χ4v) is 2.18. The van der Waals surface area contributed by atoms with Crippen LogP contribution in [-0.4, -0.2) is 18.3 Å². The van der Waals surface area contributed by atoms with Crippen LogP contribution in [0, 0.1) is 12.8 Å². The van der Waals surface area contributed by atoms with Crippen LogP contribution in [0.5, 0.6) is 0 Å². The quantitative estimate of drug-likeness (QED) is 0.726. The Hall–Kier alpha value is -0.860. The molecule has 1 atom stereocenters. The lowest BCUT2D eigenvalue weighted by molar-refractivity contribution is 0.248. The number of rotatable bonds is 8. The molecule has 0 fully saturated rings. The first-order valence-corrected chi connectivity index (χ1v) is 6.63. The van der Waals surface area contributed by atoms with Crippen molar-refractivity contribution in [2.45, 2.75) is 39.7 Å². The number of benzene rings is 1. The molecular weight excluding hydrogens is 210 g/mol. The minimum atomic E-state index is 0.302. The van der Waals surface area contributed by atoms with Gasteiger partial charge in [0.05, 0.1) is 0 Å². The summed E-state index contributed by atoms with van der Waals surface area (Å²) in [7, 11) is 0. The maximum atomic E-state index is 8.99. The van der Waals surface area contributed by atoms with Crippen molar-refractivity contribution in [3.05, 3.63) is 35.4 Å². The Kier molecular flexibility index (Phi) is 6.90. The molecule has 2 heteroatoms. The third-order valence-corrected chi connectivity index (χ3v) is 3.08. The smallest absolute Gasteiger partial charge is 0.0434 e. The van der Waals surface area contributed by atoms with Gasteiger partial charge in [-0.3, -0.25) is 0 Å². The van der Waals surface area contributed by atoms with Crippen molar-refractivity contribution in [1.29, 1.82) is 0 Å². The lowest BCUT2D eigenvalue weighted by Gasteiger charge is -2.15. The van der Waals surface area contributed by atoms with E-state index < -0.39 is 0 Å². The summed E-state index contributed by atoms with van der Waals surface area (Å²) in [5.41, 5.74) is 2.65. The topological polar surface area (TPSA) is 32.3 Å². The van der Waals surface area contributed by atoms with Crippen LogP contribution in [0.15, 0.2) is 24.3 Å². The standard InChI is InChI=1S/C15H25NO/c1-3-5-14(8-9-17)11-16-12-15-7-4-6-13(2)10-15/h4,6-7,10,14,16-17H,3,5,8-9,11-12H2,1-2H3. The highest BCUT2D eigenvalue weighted by Gasteiger charge is 2.06. The number of aliphatic hydroxyl groups excluding tert-OH is 1. The summed E-state index contributed by atoms with van der Waals surface area (Å²) >= 11 is 0. The summed E-state index contributed by atoms with van der Waals surface area (Å²) < 4.78 is 0. The molecule has 0 radical (unpaired) electrons. The molecule has 0 heterocycles. The monoisotopic (exact) mass is 235 g/mol. The van der Waals surface area contributed by atoms with Crippen LogP contribution >= 0.6 is 0 Å². The first-order valence-electron chi connectivity index (χ1n) is 6.63. The second kappa shape index (κ2) is 8.26. The van der Waals surface area contributed by atoms with Gasteiger partial charge in [0, 0.05) is 13.2 Å². The molecule has 0 aromatic heterocycles. The third-order valence-electron chi connectivity index (χ3n) is 3.08. The van der Waals surface area contributed by atoms with Crippen molar-refractivity contribution in [3.63, 3.8) is 0 Å². The molecule has 0 saturated heterocycles. The van der Waals surface area contributed by atoms with E-state index in [0.29, 0.717) is 12.5 Å². The Bertz CT molecular complexity index is 306.